The van der Waals surface area contributed by atoms with Gasteiger partial charge in [0.15, 0.2) is 18.1 Å². The SMILES string of the molecule is COCCCN1C(=O)/C(=C/c2cc(Br)c(OCC(=O)Nc3ccc(Cl)cc3)c(OC)c2)SC1=S. The Balaban J connectivity index is 1.69. The Morgan fingerprint density at radius 1 is 1.26 bits per heavy atom. The number of rotatable bonds is 10. The molecule has 180 valence electrons. The van der Waals surface area contributed by atoms with Crippen molar-refractivity contribution in [3.63, 3.8) is 0 Å². The second-order valence-electron chi connectivity index (χ2n) is 7.06. The van der Waals surface area contributed by atoms with Gasteiger partial charge < -0.3 is 19.5 Å². The molecule has 0 radical (unpaired) electrons. The topological polar surface area (TPSA) is 77.1 Å². The number of amides is 2. The van der Waals surface area contributed by atoms with Gasteiger partial charge in [-0.25, -0.2) is 0 Å². The van der Waals surface area contributed by atoms with Crippen molar-refractivity contribution < 1.29 is 23.8 Å². The van der Waals surface area contributed by atoms with Gasteiger partial charge in [0, 0.05) is 31.0 Å². The van der Waals surface area contributed by atoms with Gasteiger partial charge in [-0.15, -0.1) is 0 Å². The van der Waals surface area contributed by atoms with Crippen LogP contribution in [0.1, 0.15) is 12.0 Å². The summed E-state index contributed by atoms with van der Waals surface area (Å²) in [5, 5.41) is 3.31. The van der Waals surface area contributed by atoms with E-state index in [0.717, 1.165) is 5.56 Å². The van der Waals surface area contributed by atoms with Gasteiger partial charge in [0.05, 0.1) is 16.5 Å². The lowest BCUT2D eigenvalue weighted by atomic mass is 10.2. The number of nitrogens with zero attached hydrogens (tertiary/aromatic N) is 1. The summed E-state index contributed by atoms with van der Waals surface area (Å²) in [6.07, 6.45) is 2.45. The molecule has 0 bridgehead atoms. The fourth-order valence-electron chi connectivity index (χ4n) is 3.04. The van der Waals surface area contributed by atoms with E-state index in [4.69, 9.17) is 38.0 Å². The van der Waals surface area contributed by atoms with Crippen LogP contribution in [0.25, 0.3) is 6.08 Å². The van der Waals surface area contributed by atoms with Crippen molar-refractivity contribution in [1.82, 2.24) is 4.90 Å². The predicted molar refractivity (Wildman–Crippen MR) is 143 cm³/mol. The fraction of sp³-hybridized carbons (Fsp3) is 0.261. The molecule has 2 amide bonds. The Hall–Kier alpha value is -2.11. The number of nitrogens with one attached hydrogen (secondary N) is 1. The highest BCUT2D eigenvalue weighted by atomic mass is 79.9. The Morgan fingerprint density at radius 2 is 2.00 bits per heavy atom. The minimum atomic E-state index is -0.336. The number of halogens is 2. The molecule has 0 atom stereocenters. The van der Waals surface area contributed by atoms with Crippen molar-refractivity contribution in [2.45, 2.75) is 6.42 Å². The average molecular weight is 586 g/mol. The minimum absolute atomic E-state index is 0.139. The van der Waals surface area contributed by atoms with Gasteiger partial charge in [-0.1, -0.05) is 35.6 Å². The lowest BCUT2D eigenvalue weighted by Crippen LogP contribution is -2.29. The van der Waals surface area contributed by atoms with E-state index in [2.05, 4.69) is 21.2 Å². The lowest BCUT2D eigenvalue weighted by molar-refractivity contribution is -0.122. The van der Waals surface area contributed by atoms with Crippen LogP contribution in [-0.4, -0.2) is 55.0 Å². The second kappa shape index (κ2) is 12.6. The number of thiocarbonyl (C=S) groups is 1. The number of carbonyl (C=O) groups excluding carboxylic acids is 2. The highest BCUT2D eigenvalue weighted by Gasteiger charge is 2.31. The molecule has 0 aromatic heterocycles. The summed E-state index contributed by atoms with van der Waals surface area (Å²) in [5.74, 6) is 0.311. The Kier molecular flexibility index (Phi) is 9.78. The third kappa shape index (κ3) is 6.96. The molecule has 2 aromatic rings. The van der Waals surface area contributed by atoms with Gasteiger partial charge in [0.25, 0.3) is 11.8 Å². The van der Waals surface area contributed by atoms with Crippen molar-refractivity contribution in [1.29, 1.82) is 0 Å². The predicted octanol–water partition coefficient (Wildman–Crippen LogP) is 5.37. The number of carbonyl (C=O) groups is 2. The number of anilines is 1. The van der Waals surface area contributed by atoms with Crippen LogP contribution in [0.2, 0.25) is 5.02 Å². The summed E-state index contributed by atoms with van der Waals surface area (Å²) < 4.78 is 17.3. The summed E-state index contributed by atoms with van der Waals surface area (Å²) in [5.41, 5.74) is 1.33. The van der Waals surface area contributed by atoms with Crippen LogP contribution in [0.4, 0.5) is 5.69 Å². The van der Waals surface area contributed by atoms with Gasteiger partial charge in [0.1, 0.15) is 4.32 Å². The molecule has 1 aliphatic rings. The molecular weight excluding hydrogens is 564 g/mol. The van der Waals surface area contributed by atoms with Gasteiger partial charge in [-0.3, -0.25) is 14.5 Å². The zero-order valence-corrected chi connectivity index (χ0v) is 22.4. The van der Waals surface area contributed by atoms with Gasteiger partial charge in [0.2, 0.25) is 0 Å². The van der Waals surface area contributed by atoms with Crippen LogP contribution in [0.5, 0.6) is 11.5 Å². The molecule has 0 spiro atoms. The molecule has 7 nitrogen and oxygen atoms in total. The quantitative estimate of drug-likeness (QED) is 0.228. The number of benzene rings is 2. The van der Waals surface area contributed by atoms with Crippen molar-refractivity contribution in [3.05, 3.63) is 56.4 Å². The molecule has 2 aromatic carbocycles. The van der Waals surface area contributed by atoms with Crippen molar-refractivity contribution >= 4 is 79.4 Å². The van der Waals surface area contributed by atoms with Crippen LogP contribution < -0.4 is 14.8 Å². The zero-order chi connectivity index (χ0) is 24.7. The molecule has 11 heteroatoms. The van der Waals surface area contributed by atoms with Crippen LogP contribution in [-0.2, 0) is 14.3 Å². The maximum atomic E-state index is 12.8. The maximum Gasteiger partial charge on any atom is 0.266 e. The third-order valence-corrected chi connectivity index (χ3v) is 6.85. The Labute approximate surface area is 220 Å². The lowest BCUT2D eigenvalue weighted by Gasteiger charge is -2.14. The maximum absolute atomic E-state index is 12.8. The van der Waals surface area contributed by atoms with Gasteiger partial charge >= 0.3 is 0 Å². The second-order valence-corrected chi connectivity index (χ2v) is 10.0. The number of methoxy groups -OCH3 is 2. The monoisotopic (exact) mass is 584 g/mol. The van der Waals surface area contributed by atoms with E-state index >= 15 is 0 Å². The number of ether oxygens (including phenoxy) is 3. The van der Waals surface area contributed by atoms with E-state index in [1.165, 1.54) is 18.9 Å². The smallest absolute Gasteiger partial charge is 0.266 e. The van der Waals surface area contributed by atoms with Crippen LogP contribution in [0.3, 0.4) is 0 Å². The van der Waals surface area contributed by atoms with E-state index in [9.17, 15) is 9.59 Å². The summed E-state index contributed by atoms with van der Waals surface area (Å²) >= 11 is 15.9. The first-order valence-corrected chi connectivity index (χ1v) is 12.5. The summed E-state index contributed by atoms with van der Waals surface area (Å²) in [6.45, 7) is 0.838. The first kappa shape index (κ1) is 26.5. The van der Waals surface area contributed by atoms with Crippen LogP contribution >= 0.6 is 51.5 Å². The van der Waals surface area contributed by atoms with E-state index < -0.39 is 0 Å². The molecular formula is C23H22BrClN2O5S2. The number of hydrogen-bond acceptors (Lipinski definition) is 7. The van der Waals surface area contributed by atoms with Crippen molar-refractivity contribution in [2.24, 2.45) is 0 Å². The van der Waals surface area contributed by atoms with Crippen molar-refractivity contribution in [3.8, 4) is 11.5 Å². The van der Waals surface area contributed by atoms with Gasteiger partial charge in [-0.05, 0) is 70.4 Å². The summed E-state index contributed by atoms with van der Waals surface area (Å²) in [6, 6.07) is 10.3. The van der Waals surface area contributed by atoms with E-state index in [1.807, 2.05) is 0 Å². The summed E-state index contributed by atoms with van der Waals surface area (Å²) in [7, 11) is 3.12. The molecule has 1 N–H and O–H groups in total. The minimum Gasteiger partial charge on any atom is -0.493 e. The first-order valence-electron chi connectivity index (χ1n) is 10.1. The Morgan fingerprint density at radius 3 is 2.68 bits per heavy atom. The van der Waals surface area contributed by atoms with Crippen LogP contribution in [0, 0.1) is 0 Å². The molecule has 1 saturated heterocycles. The number of thioether (sulfide) groups is 1. The Bertz CT molecular complexity index is 1110. The highest BCUT2D eigenvalue weighted by molar-refractivity contribution is 9.10. The van der Waals surface area contributed by atoms with Crippen LogP contribution in [0.15, 0.2) is 45.8 Å². The normalized spacial score (nSPS) is 14.6. The standard InChI is InChI=1S/C23H22BrClN2O5S2/c1-30-9-3-8-27-22(29)19(34-23(27)33)12-14-10-17(24)21(18(11-14)31-2)32-13-20(28)26-16-6-4-15(25)5-7-16/h4-7,10-12H,3,8-9,13H2,1-2H3,(H,26,28)/b19-12-. The average Bonchev–Trinajstić information content (AvgIpc) is 3.07. The van der Waals surface area contributed by atoms with E-state index in [1.54, 1.807) is 54.5 Å². The molecule has 1 aliphatic heterocycles. The highest BCUT2D eigenvalue weighted by Crippen LogP contribution is 2.39. The van der Waals surface area contributed by atoms with Gasteiger partial charge in [-0.2, -0.15) is 0 Å². The molecule has 1 fully saturated rings. The number of hydrogen-bond donors (Lipinski definition) is 1. The first-order chi connectivity index (χ1) is 16.3. The molecule has 0 unspecified atom stereocenters. The fourth-order valence-corrected chi connectivity index (χ4v) is 5.05. The molecule has 0 saturated carbocycles. The molecule has 34 heavy (non-hydrogen) atoms. The molecule has 1 heterocycles. The molecule has 3 rings (SSSR count). The summed E-state index contributed by atoms with van der Waals surface area (Å²) in [4.78, 5) is 27.1. The molecule has 0 aliphatic carbocycles. The van der Waals surface area contributed by atoms with E-state index in [0.29, 0.717) is 55.5 Å². The largest absolute Gasteiger partial charge is 0.493 e. The third-order valence-electron chi connectivity index (χ3n) is 4.63. The van der Waals surface area contributed by atoms with Crippen molar-refractivity contribution in [2.75, 3.05) is 39.3 Å². The van der Waals surface area contributed by atoms with E-state index in [-0.39, 0.29) is 18.4 Å². The zero-order valence-electron chi connectivity index (χ0n) is 18.4.